The highest BCUT2D eigenvalue weighted by molar-refractivity contribution is 7.19. The van der Waals surface area contributed by atoms with E-state index in [1.54, 1.807) is 18.2 Å². The highest BCUT2D eigenvalue weighted by Gasteiger charge is 2.33. The number of amides is 1. The minimum absolute atomic E-state index is 0.0387. The summed E-state index contributed by atoms with van der Waals surface area (Å²) in [4.78, 5) is 32.7. The highest BCUT2D eigenvalue weighted by atomic mass is 35.5. The Morgan fingerprint density at radius 2 is 2.00 bits per heavy atom. The lowest BCUT2D eigenvalue weighted by molar-refractivity contribution is -0.152. The predicted molar refractivity (Wildman–Crippen MR) is 147 cm³/mol. The van der Waals surface area contributed by atoms with Gasteiger partial charge in [-0.25, -0.2) is 9.78 Å². The van der Waals surface area contributed by atoms with Crippen molar-refractivity contribution in [1.82, 2.24) is 24.9 Å². The Hall–Kier alpha value is -3.14. The molecule has 41 heavy (non-hydrogen) atoms. The second-order valence-electron chi connectivity index (χ2n) is 9.81. The number of piperidine rings is 1. The molecule has 220 valence electrons. The third-order valence-electron chi connectivity index (χ3n) is 6.63. The first-order valence-corrected chi connectivity index (χ1v) is 14.6. The number of carbonyl (C=O) groups excluding carboxylic acids is 1. The second-order valence-corrected chi connectivity index (χ2v) is 12.5. The molecule has 1 aliphatic heterocycles. The summed E-state index contributed by atoms with van der Waals surface area (Å²) in [6, 6.07) is 5.29. The van der Waals surface area contributed by atoms with Gasteiger partial charge in [-0.3, -0.25) is 4.79 Å². The molecule has 1 aliphatic rings. The monoisotopic (exact) mass is 631 g/mol. The quantitative estimate of drug-likeness (QED) is 0.239. The lowest BCUT2D eigenvalue weighted by Crippen LogP contribution is -2.47. The first kappa shape index (κ1) is 29.4. The zero-order valence-electron chi connectivity index (χ0n) is 21.8. The average molecular weight is 632 g/mol. The van der Waals surface area contributed by atoms with Gasteiger partial charge in [0.25, 0.3) is 5.91 Å². The molecule has 0 atom stereocenters. The number of nitrogens with one attached hydrogen (secondary N) is 1. The smallest absolute Gasteiger partial charge is 0.422 e. The second kappa shape index (κ2) is 11.6. The number of imidazole rings is 1. The lowest BCUT2D eigenvalue weighted by atomic mass is 10.0. The molecule has 2 N–H and O–H groups in total. The fourth-order valence-electron chi connectivity index (χ4n) is 4.65. The highest BCUT2D eigenvalue weighted by Crippen LogP contribution is 2.40. The zero-order chi connectivity index (χ0) is 29.5. The molecule has 0 radical (unpaired) electrons. The van der Waals surface area contributed by atoms with E-state index in [2.05, 4.69) is 34.2 Å². The molecule has 4 aromatic rings. The number of hydrogen-bond acceptors (Lipinski definition) is 9. The van der Waals surface area contributed by atoms with Crippen molar-refractivity contribution in [3.05, 3.63) is 38.9 Å². The number of carbonyl (C=O) groups is 2. The average Bonchev–Trinajstić information content (AvgIpc) is 3.68. The van der Waals surface area contributed by atoms with E-state index in [1.165, 1.54) is 15.9 Å². The normalized spacial score (nSPS) is 15.2. The summed E-state index contributed by atoms with van der Waals surface area (Å²) in [7, 11) is 0. The van der Waals surface area contributed by atoms with Gasteiger partial charge in [0.05, 0.1) is 21.3 Å². The van der Waals surface area contributed by atoms with Gasteiger partial charge in [-0.1, -0.05) is 28.1 Å². The molecule has 1 amide bonds. The number of halogens is 4. The SMILES string of the molecule is CC(C)N1CCC(NC(=O)c2nc3c(OCC(F)(F)F)sc(C(=O)O)c3n2Cc2cc(-c3ccc(Cl)s3)on2)CC1. The van der Waals surface area contributed by atoms with Crippen molar-refractivity contribution in [3.63, 3.8) is 0 Å². The van der Waals surface area contributed by atoms with Crippen molar-refractivity contribution in [3.8, 4) is 15.7 Å². The standard InChI is InChI=1S/C25H25ClF3N5O5S2/c1-12(2)33-7-5-13(6-8-33)30-22(35)21-31-18-19(20(23(36)37)41-24(18)38-11-25(27,28)29)34(21)10-14-9-15(39-32-14)16-3-4-17(26)40-16/h3-4,9,12-13H,5-8,10-11H2,1-2H3,(H,30,35)(H,36,37). The molecule has 1 fully saturated rings. The summed E-state index contributed by atoms with van der Waals surface area (Å²) >= 11 is 7.81. The van der Waals surface area contributed by atoms with Gasteiger partial charge < -0.3 is 29.2 Å². The van der Waals surface area contributed by atoms with E-state index in [-0.39, 0.29) is 39.4 Å². The van der Waals surface area contributed by atoms with Crippen molar-refractivity contribution in [2.45, 2.75) is 51.5 Å². The Kier molecular flexibility index (Phi) is 8.32. The summed E-state index contributed by atoms with van der Waals surface area (Å²) in [5.41, 5.74) is 0.150. The van der Waals surface area contributed by atoms with Crippen LogP contribution in [0.25, 0.3) is 21.7 Å². The predicted octanol–water partition coefficient (Wildman–Crippen LogP) is 5.76. The number of fused-ring (bicyclic) bond motifs is 1. The van der Waals surface area contributed by atoms with Crippen LogP contribution >= 0.6 is 34.3 Å². The summed E-state index contributed by atoms with van der Waals surface area (Å²) in [5, 5.41) is 16.6. The third-order valence-corrected chi connectivity index (χ3v) is 8.94. The number of nitrogens with zero attached hydrogens (tertiary/aromatic N) is 4. The summed E-state index contributed by atoms with van der Waals surface area (Å²) < 4.78 is 51.0. The maximum absolute atomic E-state index is 13.5. The molecule has 0 saturated carbocycles. The van der Waals surface area contributed by atoms with Crippen LogP contribution in [-0.4, -0.2) is 74.5 Å². The van der Waals surface area contributed by atoms with E-state index in [9.17, 15) is 27.9 Å². The lowest BCUT2D eigenvalue weighted by Gasteiger charge is -2.34. The minimum Gasteiger partial charge on any atom is -0.477 e. The molecular weight excluding hydrogens is 607 g/mol. The number of rotatable bonds is 9. The van der Waals surface area contributed by atoms with Crippen molar-refractivity contribution in [2.75, 3.05) is 19.7 Å². The van der Waals surface area contributed by atoms with Gasteiger partial charge in [0.1, 0.15) is 16.1 Å². The Bertz CT molecular complexity index is 1570. The van der Waals surface area contributed by atoms with Crippen molar-refractivity contribution in [1.29, 1.82) is 0 Å². The van der Waals surface area contributed by atoms with E-state index in [4.69, 9.17) is 20.9 Å². The maximum atomic E-state index is 13.5. The number of hydrogen-bond donors (Lipinski definition) is 2. The largest absolute Gasteiger partial charge is 0.477 e. The molecule has 16 heteroatoms. The van der Waals surface area contributed by atoms with E-state index < -0.39 is 24.7 Å². The van der Waals surface area contributed by atoms with Gasteiger partial charge in [0, 0.05) is 31.2 Å². The Morgan fingerprint density at radius 1 is 1.27 bits per heavy atom. The van der Waals surface area contributed by atoms with E-state index in [0.717, 1.165) is 13.1 Å². The Balaban J connectivity index is 1.51. The van der Waals surface area contributed by atoms with Gasteiger partial charge in [-0.2, -0.15) is 13.2 Å². The summed E-state index contributed by atoms with van der Waals surface area (Å²) in [6.07, 6.45) is -3.25. The van der Waals surface area contributed by atoms with Gasteiger partial charge in [-0.15, -0.1) is 11.3 Å². The Morgan fingerprint density at radius 3 is 2.61 bits per heavy atom. The summed E-state index contributed by atoms with van der Waals surface area (Å²) in [6.45, 7) is 4.01. The Labute approximate surface area is 244 Å². The van der Waals surface area contributed by atoms with Crippen molar-refractivity contribution in [2.24, 2.45) is 0 Å². The molecule has 0 bridgehead atoms. The topological polar surface area (TPSA) is 123 Å². The zero-order valence-corrected chi connectivity index (χ0v) is 24.2. The number of carboxylic acid groups (broad SMARTS) is 1. The van der Waals surface area contributed by atoms with E-state index >= 15 is 0 Å². The number of aromatic nitrogens is 3. The third kappa shape index (κ3) is 6.52. The molecule has 0 aliphatic carbocycles. The van der Waals surface area contributed by atoms with Crippen molar-refractivity contribution < 1.29 is 37.1 Å². The molecule has 10 nitrogen and oxygen atoms in total. The summed E-state index contributed by atoms with van der Waals surface area (Å²) in [5.74, 6) is -1.74. The molecule has 1 saturated heterocycles. The van der Waals surface area contributed by atoms with Gasteiger partial charge in [-0.05, 0) is 38.8 Å². The molecule has 0 spiro atoms. The van der Waals surface area contributed by atoms with Crippen LogP contribution in [-0.2, 0) is 6.54 Å². The molecule has 5 heterocycles. The van der Waals surface area contributed by atoms with Gasteiger partial charge >= 0.3 is 12.1 Å². The first-order valence-electron chi connectivity index (χ1n) is 12.6. The number of carboxylic acids is 1. The maximum Gasteiger partial charge on any atom is 0.422 e. The van der Waals surface area contributed by atoms with Crippen LogP contribution in [0.4, 0.5) is 13.2 Å². The van der Waals surface area contributed by atoms with Crippen LogP contribution < -0.4 is 10.1 Å². The van der Waals surface area contributed by atoms with Crippen LogP contribution in [0.15, 0.2) is 22.7 Å². The first-order chi connectivity index (χ1) is 19.4. The van der Waals surface area contributed by atoms with Crippen LogP contribution in [0, 0.1) is 0 Å². The number of aromatic carboxylic acids is 1. The molecular formula is C25H25ClF3N5O5S2. The van der Waals surface area contributed by atoms with E-state index in [0.29, 0.717) is 50.9 Å². The van der Waals surface area contributed by atoms with Crippen LogP contribution in [0.3, 0.4) is 0 Å². The fourth-order valence-corrected chi connectivity index (χ4v) is 6.58. The molecule has 5 rings (SSSR count). The van der Waals surface area contributed by atoms with E-state index in [1.807, 2.05) is 0 Å². The van der Waals surface area contributed by atoms with Crippen LogP contribution in [0.2, 0.25) is 4.34 Å². The number of thiophene rings is 2. The minimum atomic E-state index is -4.66. The van der Waals surface area contributed by atoms with Gasteiger partial charge in [0.15, 0.2) is 12.4 Å². The molecule has 0 aromatic carbocycles. The fraction of sp³-hybridized carbons (Fsp3) is 0.440. The number of likely N-dealkylation sites (tertiary alicyclic amines) is 1. The van der Waals surface area contributed by atoms with Gasteiger partial charge in [0.2, 0.25) is 10.9 Å². The molecule has 4 aromatic heterocycles. The number of alkyl halides is 3. The van der Waals surface area contributed by atoms with Crippen LogP contribution in [0.1, 0.15) is 52.7 Å². The number of ether oxygens (including phenoxy) is 1. The van der Waals surface area contributed by atoms with Crippen LogP contribution in [0.5, 0.6) is 5.06 Å². The molecule has 0 unspecified atom stereocenters. The van der Waals surface area contributed by atoms with Crippen molar-refractivity contribution >= 4 is 57.2 Å².